The van der Waals surface area contributed by atoms with Gasteiger partial charge in [0.25, 0.3) is 5.91 Å². The number of aromatic nitrogens is 1. The SMILES string of the molecule is COc1ccccc1C(=O)N(Cc1c(-c2cccc(C)c2)noc1N1CCOCC1)CC1CCCO1. The van der Waals surface area contributed by atoms with Gasteiger partial charge in [0.15, 0.2) is 0 Å². The molecule has 2 saturated heterocycles. The third-order valence-electron chi connectivity index (χ3n) is 6.78. The summed E-state index contributed by atoms with van der Waals surface area (Å²) in [5, 5.41) is 4.50. The van der Waals surface area contributed by atoms with E-state index in [9.17, 15) is 4.79 Å². The van der Waals surface area contributed by atoms with Crippen LogP contribution in [0.4, 0.5) is 5.88 Å². The molecule has 1 atom stereocenters. The Balaban J connectivity index is 1.55. The van der Waals surface area contributed by atoms with Crippen molar-refractivity contribution in [1.82, 2.24) is 10.1 Å². The van der Waals surface area contributed by atoms with E-state index in [-0.39, 0.29) is 12.0 Å². The van der Waals surface area contributed by atoms with Crippen LogP contribution in [-0.4, -0.2) is 68.6 Å². The van der Waals surface area contributed by atoms with Gasteiger partial charge in [-0.3, -0.25) is 4.79 Å². The summed E-state index contributed by atoms with van der Waals surface area (Å²) in [6, 6.07) is 15.5. The lowest BCUT2D eigenvalue weighted by atomic mass is 10.0. The summed E-state index contributed by atoms with van der Waals surface area (Å²) in [5.41, 5.74) is 4.28. The maximum Gasteiger partial charge on any atom is 0.258 e. The van der Waals surface area contributed by atoms with Crippen LogP contribution in [0.2, 0.25) is 0 Å². The van der Waals surface area contributed by atoms with Crippen molar-refractivity contribution in [2.24, 2.45) is 0 Å². The van der Waals surface area contributed by atoms with E-state index in [0.29, 0.717) is 56.6 Å². The highest BCUT2D eigenvalue weighted by atomic mass is 16.5. The van der Waals surface area contributed by atoms with E-state index < -0.39 is 0 Å². The van der Waals surface area contributed by atoms with Gasteiger partial charge >= 0.3 is 0 Å². The molecule has 3 aromatic rings. The smallest absolute Gasteiger partial charge is 0.258 e. The molecular weight excluding hydrogens is 458 g/mol. The van der Waals surface area contributed by atoms with E-state index >= 15 is 0 Å². The Labute approximate surface area is 211 Å². The van der Waals surface area contributed by atoms with Crippen LogP contribution in [0.5, 0.6) is 5.75 Å². The Morgan fingerprint density at radius 3 is 2.72 bits per heavy atom. The van der Waals surface area contributed by atoms with E-state index in [2.05, 4.69) is 29.1 Å². The zero-order valence-electron chi connectivity index (χ0n) is 20.9. The first-order chi connectivity index (χ1) is 17.6. The van der Waals surface area contributed by atoms with Gasteiger partial charge < -0.3 is 28.5 Å². The second kappa shape index (κ2) is 11.1. The second-order valence-electron chi connectivity index (χ2n) is 9.30. The molecule has 36 heavy (non-hydrogen) atoms. The van der Waals surface area contributed by atoms with Crippen LogP contribution in [0, 0.1) is 6.92 Å². The average molecular weight is 492 g/mol. The Morgan fingerprint density at radius 2 is 1.97 bits per heavy atom. The molecule has 0 radical (unpaired) electrons. The standard InChI is InChI=1S/C28H33N3O5/c1-20-7-5-8-21(17-20)26-24(28(36-29-26)30-12-15-34-16-13-30)19-31(18-22-9-6-14-35-22)27(32)23-10-3-4-11-25(23)33-2/h3-5,7-8,10-11,17,22H,6,9,12-16,18-19H2,1-2H3. The highest BCUT2D eigenvalue weighted by molar-refractivity contribution is 5.97. The molecule has 1 amide bonds. The highest BCUT2D eigenvalue weighted by Crippen LogP contribution is 2.34. The molecule has 2 aliphatic rings. The van der Waals surface area contributed by atoms with Crippen LogP contribution in [-0.2, 0) is 16.0 Å². The normalized spacial score (nSPS) is 17.8. The molecule has 0 N–H and O–H groups in total. The number of anilines is 1. The molecule has 0 saturated carbocycles. The number of amides is 1. The van der Waals surface area contributed by atoms with Gasteiger partial charge in [-0.25, -0.2) is 0 Å². The molecule has 8 nitrogen and oxygen atoms in total. The fraction of sp³-hybridized carbons (Fsp3) is 0.429. The van der Waals surface area contributed by atoms with E-state index in [1.807, 2.05) is 41.3 Å². The van der Waals surface area contributed by atoms with Gasteiger partial charge in [0.1, 0.15) is 11.4 Å². The van der Waals surface area contributed by atoms with Crippen LogP contribution in [0.1, 0.15) is 34.3 Å². The minimum absolute atomic E-state index is 0.00206. The molecule has 1 aromatic heterocycles. The van der Waals surface area contributed by atoms with Crippen molar-refractivity contribution in [1.29, 1.82) is 0 Å². The summed E-state index contributed by atoms with van der Waals surface area (Å²) in [5.74, 6) is 1.14. The van der Waals surface area contributed by atoms with Gasteiger partial charge in [-0.2, -0.15) is 0 Å². The number of rotatable bonds is 8. The van der Waals surface area contributed by atoms with Gasteiger partial charge in [0.05, 0.1) is 44.1 Å². The van der Waals surface area contributed by atoms with Gasteiger partial charge in [-0.1, -0.05) is 41.1 Å². The van der Waals surface area contributed by atoms with Crippen molar-refractivity contribution in [2.45, 2.75) is 32.4 Å². The number of hydrogen-bond donors (Lipinski definition) is 0. The molecule has 2 aromatic carbocycles. The second-order valence-corrected chi connectivity index (χ2v) is 9.30. The summed E-state index contributed by atoms with van der Waals surface area (Å²) in [6.45, 7) is 6.28. The monoisotopic (exact) mass is 491 g/mol. The number of hydrogen-bond acceptors (Lipinski definition) is 7. The predicted molar refractivity (Wildman–Crippen MR) is 136 cm³/mol. The molecule has 1 unspecified atom stereocenters. The minimum Gasteiger partial charge on any atom is -0.496 e. The molecule has 2 fully saturated rings. The summed E-state index contributed by atoms with van der Waals surface area (Å²) in [6.07, 6.45) is 1.93. The van der Waals surface area contributed by atoms with Crippen LogP contribution >= 0.6 is 0 Å². The Hall–Kier alpha value is -3.36. The molecule has 5 rings (SSSR count). The quantitative estimate of drug-likeness (QED) is 0.465. The third kappa shape index (κ3) is 5.24. The fourth-order valence-corrected chi connectivity index (χ4v) is 4.91. The number of morpholine rings is 1. The zero-order valence-corrected chi connectivity index (χ0v) is 20.9. The largest absolute Gasteiger partial charge is 0.496 e. The van der Waals surface area contributed by atoms with Gasteiger partial charge in [-0.15, -0.1) is 0 Å². The Bertz CT molecular complexity index is 1180. The van der Waals surface area contributed by atoms with E-state index in [1.54, 1.807) is 7.11 Å². The molecule has 0 aliphatic carbocycles. The summed E-state index contributed by atoms with van der Waals surface area (Å²) in [4.78, 5) is 17.9. The number of methoxy groups -OCH3 is 1. The number of carbonyl (C=O) groups excluding carboxylic acids is 1. The van der Waals surface area contributed by atoms with Gasteiger partial charge in [0, 0.05) is 31.8 Å². The predicted octanol–water partition coefficient (Wildman–Crippen LogP) is 4.32. The number of carbonyl (C=O) groups is 1. The maximum absolute atomic E-state index is 13.9. The molecule has 190 valence electrons. The van der Waals surface area contributed by atoms with Gasteiger partial charge in [0.2, 0.25) is 5.88 Å². The lowest BCUT2D eigenvalue weighted by Crippen LogP contribution is -2.39. The fourth-order valence-electron chi connectivity index (χ4n) is 4.91. The third-order valence-corrected chi connectivity index (χ3v) is 6.78. The first-order valence-electron chi connectivity index (χ1n) is 12.6. The summed E-state index contributed by atoms with van der Waals surface area (Å²) in [7, 11) is 1.59. The zero-order chi connectivity index (χ0) is 24.9. The first-order valence-corrected chi connectivity index (χ1v) is 12.6. The summed E-state index contributed by atoms with van der Waals surface area (Å²) < 4.78 is 23.0. The van der Waals surface area contributed by atoms with Crippen molar-refractivity contribution < 1.29 is 23.5 Å². The van der Waals surface area contributed by atoms with Crippen molar-refractivity contribution in [3.63, 3.8) is 0 Å². The number of aryl methyl sites for hydroxylation is 1. The van der Waals surface area contributed by atoms with E-state index in [1.165, 1.54) is 0 Å². The first kappa shape index (κ1) is 24.3. The molecular formula is C28H33N3O5. The van der Waals surface area contributed by atoms with Crippen LogP contribution in [0.25, 0.3) is 11.3 Å². The lowest BCUT2D eigenvalue weighted by Gasteiger charge is -2.29. The number of benzene rings is 2. The Kier molecular flexibility index (Phi) is 7.53. The average Bonchev–Trinajstić information content (AvgIpc) is 3.58. The van der Waals surface area contributed by atoms with Crippen LogP contribution in [0.15, 0.2) is 53.1 Å². The molecule has 0 bridgehead atoms. The van der Waals surface area contributed by atoms with Crippen LogP contribution < -0.4 is 9.64 Å². The van der Waals surface area contributed by atoms with Crippen molar-refractivity contribution >= 4 is 11.8 Å². The summed E-state index contributed by atoms with van der Waals surface area (Å²) >= 11 is 0. The minimum atomic E-state index is -0.104. The maximum atomic E-state index is 13.9. The highest BCUT2D eigenvalue weighted by Gasteiger charge is 2.30. The van der Waals surface area contributed by atoms with Crippen LogP contribution in [0.3, 0.4) is 0 Å². The number of nitrogens with zero attached hydrogens (tertiary/aromatic N) is 3. The van der Waals surface area contributed by atoms with Gasteiger partial charge in [-0.05, 0) is 38.0 Å². The Morgan fingerprint density at radius 1 is 1.14 bits per heavy atom. The van der Waals surface area contributed by atoms with Crippen molar-refractivity contribution in [2.75, 3.05) is 51.5 Å². The molecule has 8 heteroatoms. The van der Waals surface area contributed by atoms with E-state index in [4.69, 9.17) is 18.7 Å². The van der Waals surface area contributed by atoms with Crippen molar-refractivity contribution in [3.05, 3.63) is 65.2 Å². The molecule has 0 spiro atoms. The lowest BCUT2D eigenvalue weighted by molar-refractivity contribution is 0.0505. The van der Waals surface area contributed by atoms with E-state index in [0.717, 1.165) is 41.8 Å². The molecule has 3 heterocycles. The topological polar surface area (TPSA) is 77.3 Å². The number of para-hydroxylation sites is 1. The van der Waals surface area contributed by atoms with Crippen molar-refractivity contribution in [3.8, 4) is 17.0 Å². The molecule has 2 aliphatic heterocycles. The number of ether oxygens (including phenoxy) is 3.